The molecule has 0 radical (unpaired) electrons. The van der Waals surface area contributed by atoms with Crippen LogP contribution in [0.25, 0.3) is 0 Å². The first kappa shape index (κ1) is 15.3. The fraction of sp³-hybridized carbons (Fsp3) is 0.600. The summed E-state index contributed by atoms with van der Waals surface area (Å²) in [6.07, 6.45) is -6.83. The first-order chi connectivity index (χ1) is 8.77. The van der Waals surface area contributed by atoms with E-state index in [1.807, 2.05) is 0 Å². The van der Waals surface area contributed by atoms with Crippen LogP contribution in [-0.4, -0.2) is 60.1 Å². The maximum atomic E-state index is 12.5. The van der Waals surface area contributed by atoms with Crippen LogP contribution < -0.4 is 0 Å². The molecule has 0 spiro atoms. The SMILES string of the molecule is C=CCOC(=O)N1CC(C(F)(F)F)OCC1C(=O)O. The zero-order chi connectivity index (χ0) is 14.6. The fourth-order valence-electron chi connectivity index (χ4n) is 1.47. The molecule has 0 bridgehead atoms. The van der Waals surface area contributed by atoms with Crippen LogP contribution >= 0.6 is 0 Å². The van der Waals surface area contributed by atoms with Crippen molar-refractivity contribution < 1.29 is 37.3 Å². The summed E-state index contributed by atoms with van der Waals surface area (Å²) in [5.74, 6) is -1.46. The Morgan fingerprint density at radius 1 is 1.53 bits per heavy atom. The van der Waals surface area contributed by atoms with Crippen molar-refractivity contribution in [3.63, 3.8) is 0 Å². The molecule has 6 nitrogen and oxygen atoms in total. The van der Waals surface area contributed by atoms with E-state index in [0.717, 1.165) is 0 Å². The number of amides is 1. The Morgan fingerprint density at radius 3 is 2.63 bits per heavy atom. The monoisotopic (exact) mass is 283 g/mol. The lowest BCUT2D eigenvalue weighted by Crippen LogP contribution is -2.58. The zero-order valence-electron chi connectivity index (χ0n) is 9.72. The second-order valence-electron chi connectivity index (χ2n) is 3.74. The van der Waals surface area contributed by atoms with Gasteiger partial charge in [-0.1, -0.05) is 12.7 Å². The molecule has 1 heterocycles. The molecule has 108 valence electrons. The van der Waals surface area contributed by atoms with Crippen molar-refractivity contribution in [3.8, 4) is 0 Å². The van der Waals surface area contributed by atoms with Crippen molar-refractivity contribution in [2.24, 2.45) is 0 Å². The second kappa shape index (κ2) is 5.91. The minimum atomic E-state index is -4.68. The first-order valence-electron chi connectivity index (χ1n) is 5.22. The number of aliphatic carboxylic acids is 1. The molecule has 2 unspecified atom stereocenters. The van der Waals surface area contributed by atoms with Gasteiger partial charge in [0.25, 0.3) is 0 Å². The van der Waals surface area contributed by atoms with E-state index in [0.29, 0.717) is 4.90 Å². The van der Waals surface area contributed by atoms with Gasteiger partial charge in [0, 0.05) is 0 Å². The number of carboxylic acids is 1. The molecule has 1 aliphatic rings. The van der Waals surface area contributed by atoms with Crippen LogP contribution in [0.5, 0.6) is 0 Å². The van der Waals surface area contributed by atoms with Gasteiger partial charge in [-0.05, 0) is 0 Å². The number of carbonyl (C=O) groups excluding carboxylic acids is 1. The number of ether oxygens (including phenoxy) is 2. The molecule has 1 N–H and O–H groups in total. The summed E-state index contributed by atoms with van der Waals surface area (Å²) >= 11 is 0. The van der Waals surface area contributed by atoms with Gasteiger partial charge in [-0.25, -0.2) is 9.59 Å². The van der Waals surface area contributed by atoms with E-state index >= 15 is 0 Å². The maximum absolute atomic E-state index is 12.5. The average molecular weight is 283 g/mol. The number of halogens is 3. The number of hydrogen-bond acceptors (Lipinski definition) is 4. The molecule has 1 saturated heterocycles. The van der Waals surface area contributed by atoms with Gasteiger partial charge < -0.3 is 14.6 Å². The molecule has 1 aliphatic heterocycles. The van der Waals surface area contributed by atoms with Gasteiger partial charge in [-0.15, -0.1) is 0 Å². The molecule has 19 heavy (non-hydrogen) atoms. The van der Waals surface area contributed by atoms with Crippen molar-refractivity contribution in [1.29, 1.82) is 0 Å². The third-order valence-corrected chi connectivity index (χ3v) is 2.40. The summed E-state index contributed by atoms with van der Waals surface area (Å²) in [5, 5.41) is 8.84. The van der Waals surface area contributed by atoms with Crippen molar-refractivity contribution in [1.82, 2.24) is 4.90 Å². The summed E-state index contributed by atoms with van der Waals surface area (Å²) in [5.41, 5.74) is 0. The molecule has 1 fully saturated rings. The first-order valence-corrected chi connectivity index (χ1v) is 5.22. The molecule has 0 aromatic rings. The van der Waals surface area contributed by atoms with Crippen LogP contribution in [0.2, 0.25) is 0 Å². The van der Waals surface area contributed by atoms with Gasteiger partial charge in [0.05, 0.1) is 13.2 Å². The van der Waals surface area contributed by atoms with Crippen LogP contribution in [0.1, 0.15) is 0 Å². The average Bonchev–Trinajstić information content (AvgIpc) is 2.33. The summed E-state index contributed by atoms with van der Waals surface area (Å²) in [7, 11) is 0. The Kier molecular flexibility index (Phi) is 4.76. The highest BCUT2D eigenvalue weighted by molar-refractivity contribution is 5.80. The molecule has 0 aromatic heterocycles. The standard InChI is InChI=1S/C10H12F3NO5/c1-2-3-18-9(17)14-4-7(10(11,12)13)19-5-6(14)8(15)16/h2,6-7H,1,3-5H2,(H,15,16). The molecular weight excluding hydrogens is 271 g/mol. The van der Waals surface area contributed by atoms with E-state index in [1.165, 1.54) is 6.08 Å². The third kappa shape index (κ3) is 3.85. The Balaban J connectivity index is 2.81. The predicted molar refractivity (Wildman–Crippen MR) is 55.5 cm³/mol. The van der Waals surface area contributed by atoms with E-state index in [2.05, 4.69) is 16.1 Å². The lowest BCUT2D eigenvalue weighted by atomic mass is 10.2. The largest absolute Gasteiger partial charge is 0.480 e. The minimum absolute atomic E-state index is 0.223. The van der Waals surface area contributed by atoms with Crippen LogP contribution in [0.3, 0.4) is 0 Å². The van der Waals surface area contributed by atoms with Gasteiger partial charge in [-0.3, -0.25) is 4.90 Å². The quantitative estimate of drug-likeness (QED) is 0.783. The normalized spacial score (nSPS) is 23.8. The van der Waals surface area contributed by atoms with Gasteiger partial charge >= 0.3 is 18.2 Å². The number of carboxylic acid groups (broad SMARTS) is 1. The second-order valence-corrected chi connectivity index (χ2v) is 3.74. The highest BCUT2D eigenvalue weighted by Gasteiger charge is 2.48. The van der Waals surface area contributed by atoms with Crippen molar-refractivity contribution >= 4 is 12.1 Å². The fourth-order valence-corrected chi connectivity index (χ4v) is 1.47. The lowest BCUT2D eigenvalue weighted by Gasteiger charge is -2.37. The van der Waals surface area contributed by atoms with E-state index in [1.54, 1.807) is 0 Å². The number of carbonyl (C=O) groups is 2. The molecule has 2 atom stereocenters. The summed E-state index contributed by atoms with van der Waals surface area (Å²) in [6, 6.07) is -1.50. The molecule has 0 aliphatic carbocycles. The van der Waals surface area contributed by atoms with Gasteiger partial charge in [0.2, 0.25) is 0 Å². The van der Waals surface area contributed by atoms with Gasteiger partial charge in [-0.2, -0.15) is 13.2 Å². The Hall–Kier alpha value is -1.77. The Labute approximate surface area is 106 Å². The lowest BCUT2D eigenvalue weighted by molar-refractivity contribution is -0.242. The molecule has 9 heteroatoms. The maximum Gasteiger partial charge on any atom is 0.416 e. The highest BCUT2D eigenvalue weighted by Crippen LogP contribution is 2.27. The van der Waals surface area contributed by atoms with Crippen LogP contribution in [0, 0.1) is 0 Å². The smallest absolute Gasteiger partial charge is 0.416 e. The predicted octanol–water partition coefficient (Wildman–Crippen LogP) is 1.03. The molecular formula is C10H12F3NO5. The van der Waals surface area contributed by atoms with Crippen molar-refractivity contribution in [2.75, 3.05) is 19.8 Å². The Bertz CT molecular complexity index is 371. The van der Waals surface area contributed by atoms with Crippen LogP contribution in [-0.2, 0) is 14.3 Å². The van der Waals surface area contributed by atoms with Gasteiger partial charge in [0.1, 0.15) is 6.61 Å². The van der Waals surface area contributed by atoms with Crippen molar-refractivity contribution in [2.45, 2.75) is 18.3 Å². The van der Waals surface area contributed by atoms with Crippen LogP contribution in [0.4, 0.5) is 18.0 Å². The van der Waals surface area contributed by atoms with E-state index in [9.17, 15) is 22.8 Å². The highest BCUT2D eigenvalue weighted by atomic mass is 19.4. The topological polar surface area (TPSA) is 76.1 Å². The molecule has 0 saturated carbocycles. The van der Waals surface area contributed by atoms with E-state index < -0.39 is 43.5 Å². The Morgan fingerprint density at radius 2 is 2.16 bits per heavy atom. The number of alkyl halides is 3. The van der Waals surface area contributed by atoms with E-state index in [4.69, 9.17) is 5.11 Å². The van der Waals surface area contributed by atoms with E-state index in [-0.39, 0.29) is 6.61 Å². The number of rotatable bonds is 3. The number of nitrogens with zero attached hydrogens (tertiary/aromatic N) is 1. The zero-order valence-corrected chi connectivity index (χ0v) is 9.72. The van der Waals surface area contributed by atoms with Crippen LogP contribution in [0.15, 0.2) is 12.7 Å². The minimum Gasteiger partial charge on any atom is -0.480 e. The molecule has 1 amide bonds. The number of hydrogen-bond donors (Lipinski definition) is 1. The summed E-state index contributed by atoms with van der Waals surface area (Å²) in [4.78, 5) is 22.9. The van der Waals surface area contributed by atoms with Gasteiger partial charge in [0.15, 0.2) is 12.1 Å². The molecule has 0 aromatic carbocycles. The summed E-state index contributed by atoms with van der Waals surface area (Å²) < 4.78 is 46.5. The number of morpholine rings is 1. The third-order valence-electron chi connectivity index (χ3n) is 2.40. The van der Waals surface area contributed by atoms with Crippen molar-refractivity contribution in [3.05, 3.63) is 12.7 Å². The summed E-state index contributed by atoms with van der Waals surface area (Å²) in [6.45, 7) is 1.38. The molecule has 1 rings (SSSR count).